The smallest absolute Gasteiger partial charge is 0.355 e. The Hall–Kier alpha value is -4.10. The van der Waals surface area contributed by atoms with Crippen molar-refractivity contribution in [1.29, 1.82) is 0 Å². The van der Waals surface area contributed by atoms with Crippen LogP contribution in [0, 0.1) is 5.92 Å². The molecule has 0 saturated heterocycles. The van der Waals surface area contributed by atoms with E-state index in [1.54, 1.807) is 0 Å². The molecular weight excluding hydrogens is 540 g/mol. The predicted octanol–water partition coefficient (Wildman–Crippen LogP) is 7.09. The molecule has 2 N–H and O–H groups in total. The number of nitrogens with zero attached hydrogens (tertiary/aromatic N) is 1. The number of methoxy groups -OCH3 is 1. The van der Waals surface area contributed by atoms with E-state index in [1.165, 1.54) is 31.9 Å². The summed E-state index contributed by atoms with van der Waals surface area (Å²) < 4.78 is 10.7. The van der Waals surface area contributed by atoms with Crippen molar-refractivity contribution in [2.45, 2.75) is 63.5 Å². The summed E-state index contributed by atoms with van der Waals surface area (Å²) in [5.74, 6) is -0.318. The number of hydrogen-bond donors (Lipinski definition) is 2. The molecular formula is C36H40N2O5. The fraction of sp³-hybridized carbons (Fsp3) is 0.389. The van der Waals surface area contributed by atoms with Gasteiger partial charge in [-0.05, 0) is 60.1 Å². The van der Waals surface area contributed by atoms with Crippen molar-refractivity contribution in [3.63, 3.8) is 0 Å². The second-order valence-electron chi connectivity index (χ2n) is 12.1. The van der Waals surface area contributed by atoms with Crippen LogP contribution in [0.4, 0.5) is 5.69 Å². The predicted molar refractivity (Wildman–Crippen MR) is 167 cm³/mol. The molecule has 6 rings (SSSR count). The number of para-hydroxylation sites is 1. The maximum atomic E-state index is 13.2. The van der Waals surface area contributed by atoms with Crippen molar-refractivity contribution in [2.75, 3.05) is 25.2 Å². The zero-order chi connectivity index (χ0) is 30.0. The van der Waals surface area contributed by atoms with Crippen LogP contribution >= 0.6 is 0 Å². The highest BCUT2D eigenvalue weighted by Gasteiger charge is 2.53. The van der Waals surface area contributed by atoms with Gasteiger partial charge in [-0.3, -0.25) is 0 Å². The molecule has 1 aromatic heterocycles. The zero-order valence-electron chi connectivity index (χ0n) is 25.0. The third-order valence-electron chi connectivity index (χ3n) is 9.61. The van der Waals surface area contributed by atoms with Gasteiger partial charge in [0.2, 0.25) is 0 Å². The number of H-pyrrole nitrogens is 1. The van der Waals surface area contributed by atoms with Gasteiger partial charge in [-0.1, -0.05) is 80.8 Å². The lowest BCUT2D eigenvalue weighted by atomic mass is 9.62. The molecule has 0 spiro atoms. The van der Waals surface area contributed by atoms with Gasteiger partial charge in [-0.25, -0.2) is 9.59 Å². The minimum Gasteiger partial charge on any atom is -0.465 e. The largest absolute Gasteiger partial charge is 0.465 e. The van der Waals surface area contributed by atoms with Crippen molar-refractivity contribution in [3.05, 3.63) is 101 Å². The number of ether oxygens (including phenoxy) is 2. The number of esters is 2. The molecule has 1 aliphatic heterocycles. The molecule has 2 unspecified atom stereocenters. The van der Waals surface area contributed by atoms with Gasteiger partial charge in [0.25, 0.3) is 0 Å². The summed E-state index contributed by atoms with van der Waals surface area (Å²) in [4.78, 5) is 31.6. The van der Waals surface area contributed by atoms with E-state index in [0.29, 0.717) is 30.1 Å². The van der Waals surface area contributed by atoms with Gasteiger partial charge < -0.3 is 24.5 Å². The van der Waals surface area contributed by atoms with Gasteiger partial charge in [-0.15, -0.1) is 0 Å². The lowest BCUT2D eigenvalue weighted by Crippen LogP contribution is -2.42. The molecule has 4 aromatic rings. The first-order valence-corrected chi connectivity index (χ1v) is 15.4. The van der Waals surface area contributed by atoms with Crippen LogP contribution in [0.5, 0.6) is 0 Å². The monoisotopic (exact) mass is 580 g/mol. The number of anilines is 1. The van der Waals surface area contributed by atoms with Crippen molar-refractivity contribution in [2.24, 2.45) is 5.92 Å². The number of aromatic nitrogens is 1. The summed E-state index contributed by atoms with van der Waals surface area (Å²) in [6.45, 7) is 3.28. The van der Waals surface area contributed by atoms with Gasteiger partial charge in [0.15, 0.2) is 0 Å². The first-order chi connectivity index (χ1) is 21.0. The SMILES string of the molecule is COC(=O)c1ccc2c(c1)N(CCCO)C(c1cccc3cc(C(=O)OCc4ccccc4)[nH]c13)C2(C)C1CCCCC1. The number of aliphatic hydroxyl groups is 1. The summed E-state index contributed by atoms with van der Waals surface area (Å²) in [5.41, 5.74) is 5.86. The fourth-order valence-electron chi connectivity index (χ4n) is 7.53. The van der Waals surface area contributed by atoms with E-state index in [-0.39, 0.29) is 30.6 Å². The third-order valence-corrected chi connectivity index (χ3v) is 9.61. The van der Waals surface area contributed by atoms with E-state index in [9.17, 15) is 14.7 Å². The lowest BCUT2D eigenvalue weighted by molar-refractivity contribution is 0.0466. The van der Waals surface area contributed by atoms with Gasteiger partial charge in [0.1, 0.15) is 12.3 Å². The van der Waals surface area contributed by atoms with Crippen molar-refractivity contribution >= 4 is 28.5 Å². The Morgan fingerprint density at radius 3 is 2.51 bits per heavy atom. The second-order valence-corrected chi connectivity index (χ2v) is 12.1. The summed E-state index contributed by atoms with van der Waals surface area (Å²) in [5, 5.41) is 10.8. The molecule has 1 saturated carbocycles. The summed E-state index contributed by atoms with van der Waals surface area (Å²) >= 11 is 0. The van der Waals surface area contributed by atoms with E-state index in [4.69, 9.17) is 9.47 Å². The summed E-state index contributed by atoms with van der Waals surface area (Å²) in [6.07, 6.45) is 6.51. The maximum Gasteiger partial charge on any atom is 0.355 e. The quantitative estimate of drug-likeness (QED) is 0.205. The Labute approximate surface area is 252 Å². The van der Waals surface area contributed by atoms with Crippen LogP contribution < -0.4 is 4.90 Å². The third kappa shape index (κ3) is 5.31. The van der Waals surface area contributed by atoms with Crippen LogP contribution in [0.2, 0.25) is 0 Å². The Morgan fingerprint density at radius 2 is 1.77 bits per heavy atom. The fourth-order valence-corrected chi connectivity index (χ4v) is 7.53. The molecule has 2 heterocycles. The van der Waals surface area contributed by atoms with Crippen LogP contribution in [0.1, 0.15) is 89.0 Å². The minimum atomic E-state index is -0.393. The minimum absolute atomic E-state index is 0.0689. The number of carbonyl (C=O) groups excluding carboxylic acids is 2. The molecule has 224 valence electrons. The van der Waals surface area contributed by atoms with Crippen LogP contribution in [0.3, 0.4) is 0 Å². The van der Waals surface area contributed by atoms with E-state index in [1.807, 2.05) is 54.6 Å². The Bertz CT molecular complexity index is 1610. The summed E-state index contributed by atoms with van der Waals surface area (Å²) in [7, 11) is 1.41. The van der Waals surface area contributed by atoms with E-state index < -0.39 is 5.97 Å². The Morgan fingerprint density at radius 1 is 0.977 bits per heavy atom. The number of rotatable bonds is 9. The van der Waals surface area contributed by atoms with Crippen LogP contribution in [-0.2, 0) is 21.5 Å². The number of benzene rings is 3. The average Bonchev–Trinajstić information content (AvgIpc) is 3.60. The van der Waals surface area contributed by atoms with Gasteiger partial charge in [-0.2, -0.15) is 0 Å². The molecule has 3 aromatic carbocycles. The van der Waals surface area contributed by atoms with Crippen LogP contribution in [-0.4, -0.2) is 42.3 Å². The first kappa shape index (κ1) is 29.0. The number of aromatic amines is 1. The van der Waals surface area contributed by atoms with Crippen molar-refractivity contribution < 1.29 is 24.2 Å². The molecule has 0 amide bonds. The zero-order valence-corrected chi connectivity index (χ0v) is 25.0. The molecule has 1 fully saturated rings. The maximum absolute atomic E-state index is 13.2. The van der Waals surface area contributed by atoms with Gasteiger partial charge >= 0.3 is 11.9 Å². The highest BCUT2D eigenvalue weighted by molar-refractivity contribution is 5.96. The van der Waals surface area contributed by atoms with E-state index in [2.05, 4.69) is 35.0 Å². The summed E-state index contributed by atoms with van der Waals surface area (Å²) in [6, 6.07) is 23.7. The normalized spacial score (nSPS) is 20.3. The molecule has 7 nitrogen and oxygen atoms in total. The second kappa shape index (κ2) is 12.3. The number of aliphatic hydroxyl groups excluding tert-OH is 1. The van der Waals surface area contributed by atoms with Crippen molar-refractivity contribution in [3.8, 4) is 0 Å². The average molecular weight is 581 g/mol. The highest BCUT2D eigenvalue weighted by atomic mass is 16.5. The van der Waals surface area contributed by atoms with Gasteiger partial charge in [0, 0.05) is 29.6 Å². The van der Waals surface area contributed by atoms with Crippen molar-refractivity contribution in [1.82, 2.24) is 4.98 Å². The molecule has 2 atom stereocenters. The van der Waals surface area contributed by atoms with E-state index >= 15 is 0 Å². The number of hydrogen-bond acceptors (Lipinski definition) is 6. The van der Waals surface area contributed by atoms with E-state index in [0.717, 1.165) is 40.6 Å². The topological polar surface area (TPSA) is 91.9 Å². The highest BCUT2D eigenvalue weighted by Crippen LogP contribution is 2.60. The standard InChI is InChI=1S/C36H40N2O5/c1-36(27-14-7-4-8-15-27)29-18-17-26(34(40)42-2)22-31(29)38(19-10-20-39)33(36)28-16-9-13-25-21-30(37-32(25)28)35(41)43-23-24-11-5-3-6-12-24/h3,5-6,9,11-13,16-18,21-22,27,33,37,39H,4,7-8,10,14-15,19-20,23H2,1-2H3. The molecule has 2 aliphatic rings. The number of fused-ring (bicyclic) bond motifs is 2. The molecule has 43 heavy (non-hydrogen) atoms. The van der Waals surface area contributed by atoms with Crippen LogP contribution in [0.25, 0.3) is 10.9 Å². The van der Waals surface area contributed by atoms with Crippen LogP contribution in [0.15, 0.2) is 72.8 Å². The molecule has 1 aliphatic carbocycles. The number of nitrogens with one attached hydrogen (secondary N) is 1. The Balaban J connectivity index is 1.45. The molecule has 0 radical (unpaired) electrons. The molecule has 0 bridgehead atoms. The number of carbonyl (C=O) groups is 2. The first-order valence-electron chi connectivity index (χ1n) is 15.4. The molecule has 7 heteroatoms. The Kier molecular flexibility index (Phi) is 8.26. The lowest BCUT2D eigenvalue weighted by Gasteiger charge is -2.44. The van der Waals surface area contributed by atoms with Gasteiger partial charge in [0.05, 0.1) is 24.2 Å².